The summed E-state index contributed by atoms with van der Waals surface area (Å²) in [5.74, 6) is -1.24. The summed E-state index contributed by atoms with van der Waals surface area (Å²) in [6.07, 6.45) is 2.44. The molecule has 1 atom stereocenters. The van der Waals surface area contributed by atoms with Crippen molar-refractivity contribution in [3.8, 4) is 0 Å². The van der Waals surface area contributed by atoms with Crippen LogP contribution in [0.15, 0.2) is 0 Å². The van der Waals surface area contributed by atoms with Crippen LogP contribution in [0.3, 0.4) is 0 Å². The second-order valence-electron chi connectivity index (χ2n) is 4.59. The van der Waals surface area contributed by atoms with Crippen LogP contribution >= 0.6 is 0 Å². The van der Waals surface area contributed by atoms with Gasteiger partial charge >= 0.3 is 11.9 Å². The van der Waals surface area contributed by atoms with Gasteiger partial charge in [-0.1, -0.05) is 0 Å². The number of hydrogen-bond acceptors (Lipinski definition) is 4. The zero-order valence-corrected chi connectivity index (χ0v) is 8.66. The van der Waals surface area contributed by atoms with Gasteiger partial charge in [0.05, 0.1) is 17.9 Å². The minimum absolute atomic E-state index is 0.359. The van der Waals surface area contributed by atoms with Gasteiger partial charge in [-0.2, -0.15) is 0 Å². The molecule has 5 heteroatoms. The van der Waals surface area contributed by atoms with Crippen molar-refractivity contribution in [2.24, 2.45) is 16.6 Å². The fraction of sp³-hybridized carbons (Fsp3) is 0.800. The third-order valence-electron chi connectivity index (χ3n) is 3.79. The van der Waals surface area contributed by atoms with Crippen LogP contribution in [0.4, 0.5) is 0 Å². The summed E-state index contributed by atoms with van der Waals surface area (Å²) >= 11 is 0. The molecular formula is C10H15NO4. The lowest BCUT2D eigenvalue weighted by molar-refractivity contribution is -0.152. The number of nitrogens with two attached hydrogens (primary N) is 1. The van der Waals surface area contributed by atoms with Gasteiger partial charge in [0.2, 0.25) is 0 Å². The third kappa shape index (κ3) is 1.26. The van der Waals surface area contributed by atoms with E-state index < -0.39 is 22.8 Å². The number of esters is 1. The number of ether oxygens (including phenoxy) is 1. The first kappa shape index (κ1) is 10.4. The number of carboxylic acid groups (broad SMARTS) is 1. The highest BCUT2D eigenvalue weighted by Crippen LogP contribution is 2.61. The van der Waals surface area contributed by atoms with Gasteiger partial charge in [-0.15, -0.1) is 0 Å². The second kappa shape index (κ2) is 2.95. The van der Waals surface area contributed by atoms with Crippen LogP contribution in [0.25, 0.3) is 0 Å². The van der Waals surface area contributed by atoms with E-state index in [-0.39, 0.29) is 5.97 Å². The Morgan fingerprint density at radius 2 is 1.73 bits per heavy atom. The summed E-state index contributed by atoms with van der Waals surface area (Å²) in [6.45, 7) is 0. The molecule has 0 saturated heterocycles. The van der Waals surface area contributed by atoms with Crippen molar-refractivity contribution in [1.29, 1.82) is 0 Å². The molecule has 2 saturated carbocycles. The number of carboxylic acids is 1. The molecule has 0 heterocycles. The van der Waals surface area contributed by atoms with E-state index in [1.165, 1.54) is 7.11 Å². The van der Waals surface area contributed by atoms with E-state index in [2.05, 4.69) is 4.74 Å². The van der Waals surface area contributed by atoms with Crippen LogP contribution in [0, 0.1) is 10.8 Å². The average Bonchev–Trinajstić information content (AvgIpc) is 3.07. The molecule has 2 rings (SSSR count). The van der Waals surface area contributed by atoms with Crippen LogP contribution in [0.5, 0.6) is 0 Å². The van der Waals surface area contributed by atoms with E-state index in [9.17, 15) is 9.59 Å². The molecule has 0 amide bonds. The number of carbonyl (C=O) groups excluding carboxylic acids is 1. The summed E-state index contributed by atoms with van der Waals surface area (Å²) in [5, 5.41) is 9.09. The van der Waals surface area contributed by atoms with Gasteiger partial charge in [0.1, 0.15) is 0 Å². The molecule has 2 fully saturated rings. The Hall–Kier alpha value is -1.10. The molecule has 0 aromatic carbocycles. The predicted molar refractivity (Wildman–Crippen MR) is 51.0 cm³/mol. The zero-order chi connectivity index (χ0) is 11.3. The maximum Gasteiger partial charge on any atom is 0.313 e. The normalized spacial score (nSPS) is 26.5. The van der Waals surface area contributed by atoms with E-state index in [4.69, 9.17) is 10.8 Å². The molecule has 5 nitrogen and oxygen atoms in total. The average molecular weight is 213 g/mol. The van der Waals surface area contributed by atoms with Crippen LogP contribution < -0.4 is 5.73 Å². The summed E-state index contributed by atoms with van der Waals surface area (Å²) < 4.78 is 4.69. The van der Waals surface area contributed by atoms with Gasteiger partial charge < -0.3 is 15.6 Å². The Morgan fingerprint density at radius 1 is 1.27 bits per heavy atom. The molecule has 0 aliphatic heterocycles. The van der Waals surface area contributed by atoms with Gasteiger partial charge in [0, 0.05) is 6.04 Å². The number of carbonyl (C=O) groups is 2. The molecule has 0 aromatic heterocycles. The van der Waals surface area contributed by atoms with Crippen molar-refractivity contribution in [2.45, 2.75) is 31.7 Å². The standard InChI is InChI=1S/C10H15NO4/c1-15-8(14)10(4-5-10)6(11)9(2-3-9)7(12)13/h6H,2-5,11H2,1H3,(H,12,13). The minimum Gasteiger partial charge on any atom is -0.481 e. The van der Waals surface area contributed by atoms with Crippen LogP contribution in [0.1, 0.15) is 25.7 Å². The summed E-state index contributed by atoms with van der Waals surface area (Å²) in [4.78, 5) is 22.6. The lowest BCUT2D eigenvalue weighted by Crippen LogP contribution is -2.48. The number of hydrogen-bond donors (Lipinski definition) is 2. The summed E-state index contributed by atoms with van der Waals surface area (Å²) in [7, 11) is 1.31. The van der Waals surface area contributed by atoms with Crippen molar-refractivity contribution in [3.05, 3.63) is 0 Å². The Labute approximate surface area is 87.6 Å². The van der Waals surface area contributed by atoms with Crippen LogP contribution in [-0.2, 0) is 14.3 Å². The van der Waals surface area contributed by atoms with Gasteiger partial charge in [-0.3, -0.25) is 9.59 Å². The van der Waals surface area contributed by atoms with Crippen LogP contribution in [-0.4, -0.2) is 30.2 Å². The molecule has 0 bridgehead atoms. The maximum atomic E-state index is 11.5. The highest BCUT2D eigenvalue weighted by molar-refractivity contribution is 5.85. The second-order valence-corrected chi connectivity index (χ2v) is 4.59. The smallest absolute Gasteiger partial charge is 0.313 e. The van der Waals surface area contributed by atoms with Gasteiger partial charge in [0.15, 0.2) is 0 Å². The lowest BCUT2D eigenvalue weighted by atomic mass is 9.83. The fourth-order valence-electron chi connectivity index (χ4n) is 2.30. The van der Waals surface area contributed by atoms with Crippen molar-refractivity contribution in [2.75, 3.05) is 7.11 Å². The highest BCUT2D eigenvalue weighted by atomic mass is 16.5. The van der Waals surface area contributed by atoms with E-state index in [0.29, 0.717) is 25.7 Å². The molecule has 0 aromatic rings. The molecule has 1 unspecified atom stereocenters. The van der Waals surface area contributed by atoms with Crippen molar-refractivity contribution < 1.29 is 19.4 Å². The zero-order valence-electron chi connectivity index (χ0n) is 8.66. The SMILES string of the molecule is COC(=O)C1(C(N)C2(C(=O)O)CC2)CC1. The Morgan fingerprint density at radius 3 is 2.00 bits per heavy atom. The van der Waals surface area contributed by atoms with Gasteiger partial charge in [-0.25, -0.2) is 0 Å². The topological polar surface area (TPSA) is 89.6 Å². The van der Waals surface area contributed by atoms with E-state index >= 15 is 0 Å². The quantitative estimate of drug-likeness (QED) is 0.648. The Kier molecular flexibility index (Phi) is 2.05. The first-order valence-electron chi connectivity index (χ1n) is 5.07. The largest absolute Gasteiger partial charge is 0.481 e. The maximum absolute atomic E-state index is 11.5. The Bertz CT molecular complexity index is 317. The molecule has 2 aliphatic rings. The van der Waals surface area contributed by atoms with Crippen molar-refractivity contribution in [1.82, 2.24) is 0 Å². The highest BCUT2D eigenvalue weighted by Gasteiger charge is 2.68. The molecule has 3 N–H and O–H groups in total. The van der Waals surface area contributed by atoms with E-state index in [1.807, 2.05) is 0 Å². The molecule has 0 radical (unpaired) electrons. The molecule has 84 valence electrons. The minimum atomic E-state index is -0.884. The Balaban J connectivity index is 2.18. The predicted octanol–water partition coefficient (Wildman–Crippen LogP) is 0.132. The lowest BCUT2D eigenvalue weighted by Gasteiger charge is -2.26. The van der Waals surface area contributed by atoms with Crippen LogP contribution in [0.2, 0.25) is 0 Å². The van der Waals surface area contributed by atoms with Gasteiger partial charge in [-0.05, 0) is 25.7 Å². The fourth-order valence-corrected chi connectivity index (χ4v) is 2.30. The number of methoxy groups -OCH3 is 1. The van der Waals surface area contributed by atoms with Crippen molar-refractivity contribution >= 4 is 11.9 Å². The number of aliphatic carboxylic acids is 1. The summed E-state index contributed by atoms with van der Waals surface area (Å²) in [6, 6.07) is -0.602. The molecular weight excluding hydrogens is 198 g/mol. The van der Waals surface area contributed by atoms with Gasteiger partial charge in [0.25, 0.3) is 0 Å². The number of rotatable bonds is 4. The first-order chi connectivity index (χ1) is 6.99. The summed E-state index contributed by atoms with van der Waals surface area (Å²) in [5.41, 5.74) is 4.36. The first-order valence-corrected chi connectivity index (χ1v) is 5.07. The van der Waals surface area contributed by atoms with E-state index in [1.54, 1.807) is 0 Å². The van der Waals surface area contributed by atoms with E-state index in [0.717, 1.165) is 0 Å². The molecule has 15 heavy (non-hydrogen) atoms. The third-order valence-corrected chi connectivity index (χ3v) is 3.79. The van der Waals surface area contributed by atoms with Crippen molar-refractivity contribution in [3.63, 3.8) is 0 Å². The molecule has 2 aliphatic carbocycles. The molecule has 0 spiro atoms. The monoisotopic (exact) mass is 213 g/mol.